The molecule has 0 radical (unpaired) electrons. The van der Waals surface area contributed by atoms with Gasteiger partial charge in [-0.15, -0.1) is 0 Å². The molecule has 1 N–H and O–H groups in total. The van der Waals surface area contributed by atoms with Crippen molar-refractivity contribution in [3.05, 3.63) is 0 Å². The van der Waals surface area contributed by atoms with E-state index in [1.165, 1.54) is 0 Å². The number of halogens is 3. The molecule has 1 saturated heterocycles. The zero-order chi connectivity index (χ0) is 13.8. The largest absolute Gasteiger partial charge is 0.480 e. The van der Waals surface area contributed by atoms with Crippen LogP contribution in [0.3, 0.4) is 0 Å². The summed E-state index contributed by atoms with van der Waals surface area (Å²) in [4.78, 5) is 24.4. The number of nitrogens with zero attached hydrogens (tertiary/aromatic N) is 2. The second-order valence-electron chi connectivity index (χ2n) is 3.83. The fraction of sp³-hybridized carbons (Fsp3) is 0.778. The number of carbonyl (C=O) groups excluding carboxylic acids is 1. The summed E-state index contributed by atoms with van der Waals surface area (Å²) < 4.78 is 39.5. The number of rotatable bonds is 3. The number of hydrogen-bond acceptors (Lipinski definition) is 4. The summed E-state index contributed by atoms with van der Waals surface area (Å²) in [6, 6.07) is 0. The van der Waals surface area contributed by atoms with E-state index in [4.69, 9.17) is 5.11 Å². The highest BCUT2D eigenvalue weighted by molar-refractivity contribution is 5.69. The summed E-state index contributed by atoms with van der Waals surface area (Å²) in [5.74, 6) is -0.983. The van der Waals surface area contributed by atoms with Gasteiger partial charge >= 0.3 is 18.2 Å². The average Bonchev–Trinajstić information content (AvgIpc) is 2.25. The maximum Gasteiger partial charge on any atom is 0.422 e. The maximum absolute atomic E-state index is 11.8. The van der Waals surface area contributed by atoms with Crippen LogP contribution in [0.25, 0.3) is 0 Å². The van der Waals surface area contributed by atoms with Crippen LogP contribution in [0.5, 0.6) is 0 Å². The summed E-state index contributed by atoms with van der Waals surface area (Å²) in [5, 5.41) is 8.54. The van der Waals surface area contributed by atoms with Crippen molar-refractivity contribution in [3.63, 3.8) is 0 Å². The number of piperazine rings is 1. The Morgan fingerprint density at radius 3 is 2.17 bits per heavy atom. The lowest BCUT2D eigenvalue weighted by Crippen LogP contribution is -2.50. The van der Waals surface area contributed by atoms with Crippen molar-refractivity contribution in [2.45, 2.75) is 6.18 Å². The average molecular weight is 270 g/mol. The Bertz CT molecular complexity index is 313. The first-order chi connectivity index (χ1) is 8.28. The van der Waals surface area contributed by atoms with Gasteiger partial charge in [0.25, 0.3) is 0 Å². The van der Waals surface area contributed by atoms with Crippen molar-refractivity contribution in [2.24, 2.45) is 0 Å². The molecular weight excluding hydrogens is 257 g/mol. The molecule has 0 aromatic rings. The van der Waals surface area contributed by atoms with Gasteiger partial charge in [0.1, 0.15) is 0 Å². The molecule has 9 heteroatoms. The van der Waals surface area contributed by atoms with Crippen LogP contribution in [-0.2, 0) is 9.53 Å². The Balaban J connectivity index is 2.29. The van der Waals surface area contributed by atoms with Gasteiger partial charge in [0, 0.05) is 26.2 Å². The Morgan fingerprint density at radius 2 is 1.72 bits per heavy atom. The van der Waals surface area contributed by atoms with E-state index < -0.39 is 24.8 Å². The van der Waals surface area contributed by atoms with Crippen LogP contribution in [-0.4, -0.2) is 72.5 Å². The molecule has 6 nitrogen and oxygen atoms in total. The monoisotopic (exact) mass is 270 g/mol. The van der Waals surface area contributed by atoms with Crippen molar-refractivity contribution >= 4 is 12.1 Å². The second-order valence-corrected chi connectivity index (χ2v) is 3.83. The number of alkyl halides is 3. The molecule has 0 saturated carbocycles. The normalized spacial score (nSPS) is 17.6. The van der Waals surface area contributed by atoms with Gasteiger partial charge in [-0.1, -0.05) is 0 Å². The van der Waals surface area contributed by atoms with Crippen molar-refractivity contribution in [2.75, 3.05) is 39.3 Å². The molecule has 1 amide bonds. The Hall–Kier alpha value is -1.51. The van der Waals surface area contributed by atoms with E-state index in [1.54, 1.807) is 4.90 Å². The number of carboxylic acids is 1. The number of aliphatic carboxylic acids is 1. The highest BCUT2D eigenvalue weighted by Crippen LogP contribution is 2.15. The van der Waals surface area contributed by atoms with Gasteiger partial charge in [0.15, 0.2) is 6.61 Å². The number of ether oxygens (including phenoxy) is 1. The van der Waals surface area contributed by atoms with Gasteiger partial charge in [0.05, 0.1) is 6.54 Å². The van der Waals surface area contributed by atoms with Crippen LogP contribution in [0, 0.1) is 0 Å². The third kappa shape index (κ3) is 5.21. The standard InChI is InChI=1S/C9H13F3N2O4/c10-9(11,12)6-18-8(17)14-3-1-13(2-4-14)5-7(15)16/h1-6H2,(H,15,16). The molecule has 0 atom stereocenters. The molecule has 1 aliphatic rings. The van der Waals surface area contributed by atoms with E-state index in [0.29, 0.717) is 13.1 Å². The third-order valence-corrected chi connectivity index (χ3v) is 2.35. The van der Waals surface area contributed by atoms with Crippen molar-refractivity contribution < 1.29 is 32.6 Å². The van der Waals surface area contributed by atoms with E-state index in [1.807, 2.05) is 0 Å². The van der Waals surface area contributed by atoms with Crippen molar-refractivity contribution in [3.8, 4) is 0 Å². The highest BCUT2D eigenvalue weighted by Gasteiger charge is 2.31. The molecule has 1 aliphatic heterocycles. The first-order valence-electron chi connectivity index (χ1n) is 5.20. The first-order valence-corrected chi connectivity index (χ1v) is 5.20. The molecule has 1 fully saturated rings. The minimum atomic E-state index is -4.54. The van der Waals surface area contributed by atoms with Gasteiger partial charge in [-0.2, -0.15) is 13.2 Å². The summed E-state index contributed by atoms with van der Waals surface area (Å²) in [6.07, 6.45) is -5.57. The lowest BCUT2D eigenvalue weighted by atomic mass is 10.3. The van der Waals surface area contributed by atoms with E-state index in [2.05, 4.69) is 4.74 Å². The van der Waals surface area contributed by atoms with Crippen molar-refractivity contribution in [1.29, 1.82) is 0 Å². The minimum Gasteiger partial charge on any atom is -0.480 e. The van der Waals surface area contributed by atoms with Crippen molar-refractivity contribution in [1.82, 2.24) is 9.80 Å². The minimum absolute atomic E-state index is 0.147. The Kier molecular flexibility index (Phi) is 4.76. The molecule has 0 aromatic heterocycles. The van der Waals surface area contributed by atoms with E-state index in [-0.39, 0.29) is 19.6 Å². The molecule has 0 bridgehead atoms. The van der Waals surface area contributed by atoms with Crippen LogP contribution in [0.2, 0.25) is 0 Å². The summed E-state index contributed by atoms with van der Waals surface area (Å²) in [7, 11) is 0. The SMILES string of the molecule is O=C(O)CN1CCN(C(=O)OCC(F)(F)F)CC1. The van der Waals surface area contributed by atoms with Crippen LogP contribution in [0.15, 0.2) is 0 Å². The van der Waals surface area contributed by atoms with Gasteiger partial charge < -0.3 is 14.7 Å². The second kappa shape index (κ2) is 5.89. The van der Waals surface area contributed by atoms with Gasteiger partial charge in [0.2, 0.25) is 0 Å². The van der Waals surface area contributed by atoms with Crippen LogP contribution < -0.4 is 0 Å². The van der Waals surface area contributed by atoms with E-state index in [9.17, 15) is 22.8 Å². The zero-order valence-corrected chi connectivity index (χ0v) is 9.44. The molecule has 1 rings (SSSR count). The summed E-state index contributed by atoms with van der Waals surface area (Å²) >= 11 is 0. The number of carboxylic acid groups (broad SMARTS) is 1. The molecule has 104 valence electrons. The fourth-order valence-electron chi connectivity index (χ4n) is 1.51. The number of carbonyl (C=O) groups is 2. The van der Waals surface area contributed by atoms with Crippen LogP contribution in [0.1, 0.15) is 0 Å². The molecule has 1 heterocycles. The number of amides is 1. The maximum atomic E-state index is 11.8. The number of hydrogen-bond donors (Lipinski definition) is 1. The lowest BCUT2D eigenvalue weighted by Gasteiger charge is -2.33. The first kappa shape index (κ1) is 14.6. The van der Waals surface area contributed by atoms with Gasteiger partial charge in [-0.3, -0.25) is 9.69 Å². The highest BCUT2D eigenvalue weighted by atomic mass is 19.4. The molecule has 0 aliphatic carbocycles. The third-order valence-electron chi connectivity index (χ3n) is 2.35. The molecule has 0 spiro atoms. The van der Waals surface area contributed by atoms with Gasteiger partial charge in [-0.05, 0) is 0 Å². The molecule has 18 heavy (non-hydrogen) atoms. The fourth-order valence-corrected chi connectivity index (χ4v) is 1.51. The Labute approximate surface area is 101 Å². The van der Waals surface area contributed by atoms with Crippen LogP contribution >= 0.6 is 0 Å². The smallest absolute Gasteiger partial charge is 0.422 e. The van der Waals surface area contributed by atoms with Gasteiger partial charge in [-0.25, -0.2) is 4.79 Å². The van der Waals surface area contributed by atoms with E-state index in [0.717, 1.165) is 4.90 Å². The van der Waals surface area contributed by atoms with Crippen LogP contribution in [0.4, 0.5) is 18.0 Å². The predicted molar refractivity (Wildman–Crippen MR) is 53.1 cm³/mol. The predicted octanol–water partition coefficient (Wildman–Crippen LogP) is 0.388. The molecule has 0 aromatic carbocycles. The topological polar surface area (TPSA) is 70.1 Å². The quantitative estimate of drug-likeness (QED) is 0.803. The summed E-state index contributed by atoms with van der Waals surface area (Å²) in [5.41, 5.74) is 0. The lowest BCUT2D eigenvalue weighted by molar-refractivity contribution is -0.162. The van der Waals surface area contributed by atoms with E-state index >= 15 is 0 Å². The molecular formula is C9H13F3N2O4. The zero-order valence-electron chi connectivity index (χ0n) is 9.44. The molecule has 0 unspecified atom stereocenters. The Morgan fingerprint density at radius 1 is 1.17 bits per heavy atom. The summed E-state index contributed by atoms with van der Waals surface area (Å²) in [6.45, 7) is -0.846.